The van der Waals surface area contributed by atoms with Crippen molar-refractivity contribution in [3.63, 3.8) is 0 Å². The average Bonchev–Trinajstić information content (AvgIpc) is 1.94. The first-order valence-electron chi connectivity index (χ1n) is 3.23. The molecule has 1 heterocycles. The third-order valence-electron chi connectivity index (χ3n) is 1.33. The van der Waals surface area contributed by atoms with Crippen LogP contribution in [0.1, 0.15) is 0 Å². The third-order valence-corrected chi connectivity index (χ3v) is 1.65. The summed E-state index contributed by atoms with van der Waals surface area (Å²) < 4.78 is 4.89. The molecule has 0 spiro atoms. The number of rotatable bonds is 2. The fraction of sp³-hybridized carbons (Fsp3) is 0.500. The Hall–Kier alpha value is -0.740. The Morgan fingerprint density at radius 3 is 2.64 bits per heavy atom. The molecule has 0 bridgehead atoms. The molecular formula is C6H10ClN3O. The van der Waals surface area contributed by atoms with Gasteiger partial charge in [0.15, 0.2) is 0 Å². The van der Waals surface area contributed by atoms with E-state index < -0.39 is 0 Å². The fourth-order valence-corrected chi connectivity index (χ4v) is 0.802. The number of aliphatic imine (C=N–C) groups is 1. The first-order valence-corrected chi connectivity index (χ1v) is 3.60. The molecule has 1 aliphatic rings. The second-order valence-electron chi connectivity index (χ2n) is 2.23. The summed E-state index contributed by atoms with van der Waals surface area (Å²) in [7, 11) is 0. The van der Waals surface area contributed by atoms with E-state index in [9.17, 15) is 0 Å². The molecule has 0 aromatic heterocycles. The zero-order chi connectivity index (χ0) is 8.27. The van der Waals surface area contributed by atoms with Gasteiger partial charge in [-0.1, -0.05) is 11.6 Å². The van der Waals surface area contributed by atoms with E-state index in [2.05, 4.69) is 4.99 Å². The van der Waals surface area contributed by atoms with Crippen molar-refractivity contribution in [1.29, 1.82) is 0 Å². The lowest BCUT2D eigenvalue weighted by Crippen LogP contribution is -2.32. The molecule has 5 heteroatoms. The van der Waals surface area contributed by atoms with Crippen molar-refractivity contribution >= 4 is 16.8 Å². The molecule has 1 saturated heterocycles. The summed E-state index contributed by atoms with van der Waals surface area (Å²) in [5.41, 5.74) is 10.8. The zero-order valence-corrected chi connectivity index (χ0v) is 6.71. The molecule has 1 rings (SSSR count). The van der Waals surface area contributed by atoms with Crippen molar-refractivity contribution in [2.45, 2.75) is 6.04 Å². The van der Waals surface area contributed by atoms with Crippen LogP contribution in [-0.4, -0.2) is 24.4 Å². The van der Waals surface area contributed by atoms with Crippen LogP contribution in [0.25, 0.3) is 0 Å². The molecule has 62 valence electrons. The van der Waals surface area contributed by atoms with Crippen LogP contribution < -0.4 is 11.5 Å². The predicted molar refractivity (Wildman–Crippen MR) is 44.4 cm³/mol. The Bertz CT molecular complexity index is 198. The van der Waals surface area contributed by atoms with Crippen molar-refractivity contribution in [3.05, 3.63) is 11.9 Å². The van der Waals surface area contributed by atoms with Gasteiger partial charge < -0.3 is 16.2 Å². The Morgan fingerprint density at radius 1 is 1.64 bits per heavy atom. The topological polar surface area (TPSA) is 73.6 Å². The van der Waals surface area contributed by atoms with Gasteiger partial charge in [-0.3, -0.25) is 4.99 Å². The molecule has 0 atom stereocenters. The van der Waals surface area contributed by atoms with Crippen molar-refractivity contribution in [2.24, 2.45) is 16.5 Å². The number of hydrogen-bond donors (Lipinski definition) is 2. The Balaban J connectivity index is 2.50. The molecule has 0 radical (unpaired) electrons. The van der Waals surface area contributed by atoms with Gasteiger partial charge in [-0.25, -0.2) is 0 Å². The maximum atomic E-state index is 5.66. The van der Waals surface area contributed by atoms with E-state index in [1.54, 1.807) is 0 Å². The van der Waals surface area contributed by atoms with Crippen LogP contribution >= 0.6 is 11.6 Å². The van der Waals surface area contributed by atoms with Crippen LogP contribution in [0, 0.1) is 0 Å². The minimum atomic E-state index is 0.154. The monoisotopic (exact) mass is 175 g/mol. The van der Waals surface area contributed by atoms with Gasteiger partial charge in [-0.05, 0) is 0 Å². The maximum Gasteiger partial charge on any atom is 0.148 e. The average molecular weight is 176 g/mol. The minimum absolute atomic E-state index is 0.154. The molecule has 4 nitrogen and oxygen atoms in total. The van der Waals surface area contributed by atoms with E-state index in [0.717, 1.165) is 0 Å². The standard InChI is InChI=1S/C6H10ClN3O/c7-6(5(9)1-8)10-4-2-11-3-4/h1,4H,2-3,8-9H2. The van der Waals surface area contributed by atoms with Crippen LogP contribution in [-0.2, 0) is 4.74 Å². The van der Waals surface area contributed by atoms with E-state index in [-0.39, 0.29) is 11.2 Å². The Morgan fingerprint density at radius 2 is 2.27 bits per heavy atom. The summed E-state index contributed by atoms with van der Waals surface area (Å²) in [6, 6.07) is 0.154. The molecule has 1 fully saturated rings. The van der Waals surface area contributed by atoms with Gasteiger partial charge in [-0.15, -0.1) is 0 Å². The van der Waals surface area contributed by atoms with E-state index in [1.165, 1.54) is 6.20 Å². The number of allylic oxidation sites excluding steroid dienone is 1. The Labute approximate surface area is 69.9 Å². The fourth-order valence-electron chi connectivity index (χ4n) is 0.601. The molecule has 0 saturated carbocycles. The smallest absolute Gasteiger partial charge is 0.148 e. The highest BCUT2D eigenvalue weighted by Crippen LogP contribution is 2.07. The molecule has 0 aromatic carbocycles. The summed E-state index contributed by atoms with van der Waals surface area (Å²) in [4.78, 5) is 4.04. The predicted octanol–water partition coefficient (Wildman–Crippen LogP) is -0.219. The summed E-state index contributed by atoms with van der Waals surface area (Å²) >= 11 is 5.66. The molecule has 4 N–H and O–H groups in total. The van der Waals surface area contributed by atoms with Gasteiger partial charge in [0.2, 0.25) is 0 Å². The van der Waals surface area contributed by atoms with Crippen molar-refractivity contribution in [3.8, 4) is 0 Å². The van der Waals surface area contributed by atoms with Crippen LogP contribution in [0.4, 0.5) is 0 Å². The molecular weight excluding hydrogens is 166 g/mol. The zero-order valence-electron chi connectivity index (χ0n) is 5.96. The lowest BCUT2D eigenvalue weighted by atomic mass is 10.3. The summed E-state index contributed by atoms with van der Waals surface area (Å²) in [6.07, 6.45) is 1.23. The van der Waals surface area contributed by atoms with E-state index in [0.29, 0.717) is 18.9 Å². The number of hydrogen-bond acceptors (Lipinski definition) is 4. The van der Waals surface area contributed by atoms with Crippen molar-refractivity contribution in [1.82, 2.24) is 0 Å². The van der Waals surface area contributed by atoms with Crippen LogP contribution in [0.15, 0.2) is 16.9 Å². The molecule has 0 amide bonds. The quantitative estimate of drug-likeness (QED) is 0.570. The van der Waals surface area contributed by atoms with Crippen LogP contribution in [0.5, 0.6) is 0 Å². The van der Waals surface area contributed by atoms with Gasteiger partial charge in [0, 0.05) is 6.20 Å². The highest BCUT2D eigenvalue weighted by Gasteiger charge is 2.17. The summed E-state index contributed by atoms with van der Waals surface area (Å²) in [5, 5.41) is 0.265. The highest BCUT2D eigenvalue weighted by atomic mass is 35.5. The first-order chi connectivity index (χ1) is 5.24. The van der Waals surface area contributed by atoms with Gasteiger partial charge in [-0.2, -0.15) is 0 Å². The number of nitrogens with zero attached hydrogens (tertiary/aromatic N) is 1. The second kappa shape index (κ2) is 3.59. The van der Waals surface area contributed by atoms with Gasteiger partial charge in [0.1, 0.15) is 5.17 Å². The lowest BCUT2D eigenvalue weighted by Gasteiger charge is -2.22. The normalized spacial score (nSPS) is 21.5. The van der Waals surface area contributed by atoms with E-state index in [1.807, 2.05) is 0 Å². The van der Waals surface area contributed by atoms with Crippen LogP contribution in [0.2, 0.25) is 0 Å². The molecule has 0 unspecified atom stereocenters. The van der Waals surface area contributed by atoms with E-state index >= 15 is 0 Å². The summed E-state index contributed by atoms with van der Waals surface area (Å²) in [5.74, 6) is 0. The van der Waals surface area contributed by atoms with Gasteiger partial charge in [0.05, 0.1) is 25.0 Å². The SMILES string of the molecule is NC=C(N)C(Cl)=NC1COC1. The largest absolute Gasteiger partial charge is 0.403 e. The molecule has 0 aromatic rings. The lowest BCUT2D eigenvalue weighted by molar-refractivity contribution is 0.0134. The molecule has 1 aliphatic heterocycles. The number of ether oxygens (including phenoxy) is 1. The third kappa shape index (κ3) is 2.10. The Kier molecular flexibility index (Phi) is 2.73. The second-order valence-corrected chi connectivity index (χ2v) is 2.59. The van der Waals surface area contributed by atoms with Crippen LogP contribution in [0.3, 0.4) is 0 Å². The van der Waals surface area contributed by atoms with Gasteiger partial charge in [0.25, 0.3) is 0 Å². The van der Waals surface area contributed by atoms with Crippen molar-refractivity contribution < 1.29 is 4.74 Å². The molecule has 11 heavy (non-hydrogen) atoms. The molecule has 0 aliphatic carbocycles. The first kappa shape index (κ1) is 8.36. The number of halogens is 1. The van der Waals surface area contributed by atoms with Gasteiger partial charge >= 0.3 is 0 Å². The summed E-state index contributed by atoms with van der Waals surface area (Å²) in [6.45, 7) is 1.24. The van der Waals surface area contributed by atoms with E-state index in [4.69, 9.17) is 27.8 Å². The minimum Gasteiger partial charge on any atom is -0.403 e. The maximum absolute atomic E-state index is 5.66. The van der Waals surface area contributed by atoms with Crippen molar-refractivity contribution in [2.75, 3.05) is 13.2 Å². The highest BCUT2D eigenvalue weighted by molar-refractivity contribution is 6.69. The number of nitrogens with two attached hydrogens (primary N) is 2.